The summed E-state index contributed by atoms with van der Waals surface area (Å²) >= 11 is 0. The number of amides is 3. The number of carbonyl (C=O) groups excluding carboxylic acids is 2. The molecule has 0 radical (unpaired) electrons. The van der Waals surface area contributed by atoms with E-state index >= 15 is 0 Å². The highest BCUT2D eigenvalue weighted by Crippen LogP contribution is 2.36. The largest absolute Gasteiger partial charge is 0.387 e. The average molecular weight is 302 g/mol. The van der Waals surface area contributed by atoms with E-state index in [1.54, 1.807) is 12.1 Å². The number of nitrogens with one attached hydrogen (secondary N) is 1. The fourth-order valence-electron chi connectivity index (χ4n) is 3.39. The van der Waals surface area contributed by atoms with Gasteiger partial charge in [-0.15, -0.1) is 0 Å². The highest BCUT2D eigenvalue weighted by Gasteiger charge is 2.52. The van der Waals surface area contributed by atoms with Crippen molar-refractivity contribution < 1.29 is 14.7 Å². The molecule has 2 fully saturated rings. The van der Waals surface area contributed by atoms with Crippen molar-refractivity contribution in [2.24, 2.45) is 5.92 Å². The Morgan fingerprint density at radius 3 is 2.55 bits per heavy atom. The number of nitrogens with zero attached hydrogens (tertiary/aromatic N) is 1. The van der Waals surface area contributed by atoms with Gasteiger partial charge in [0.1, 0.15) is 5.54 Å². The molecule has 2 aliphatic rings. The number of hydrogen-bond acceptors (Lipinski definition) is 3. The Morgan fingerprint density at radius 1 is 1.27 bits per heavy atom. The van der Waals surface area contributed by atoms with Gasteiger partial charge in [-0.3, -0.25) is 9.69 Å². The van der Waals surface area contributed by atoms with Crippen molar-refractivity contribution in [1.82, 2.24) is 10.2 Å². The number of imide groups is 1. The van der Waals surface area contributed by atoms with E-state index in [4.69, 9.17) is 0 Å². The van der Waals surface area contributed by atoms with Crippen LogP contribution in [-0.4, -0.2) is 34.0 Å². The molecule has 118 valence electrons. The topological polar surface area (TPSA) is 69.6 Å². The van der Waals surface area contributed by atoms with Crippen LogP contribution in [0.1, 0.15) is 44.3 Å². The molecule has 2 N–H and O–H groups in total. The van der Waals surface area contributed by atoms with Crippen molar-refractivity contribution in [1.29, 1.82) is 0 Å². The van der Waals surface area contributed by atoms with Gasteiger partial charge in [-0.1, -0.05) is 37.3 Å². The molecular weight excluding hydrogens is 280 g/mol. The summed E-state index contributed by atoms with van der Waals surface area (Å²) in [5.74, 6) is 0.415. The zero-order chi connectivity index (χ0) is 15.7. The zero-order valence-corrected chi connectivity index (χ0v) is 12.8. The average Bonchev–Trinajstić information content (AvgIpc) is 2.76. The SMILES string of the molecule is CC1CCC2(CC1)NC(=O)N(CC(O)c1ccccc1)C2=O. The number of benzene rings is 1. The van der Waals surface area contributed by atoms with Crippen LogP contribution in [0, 0.1) is 5.92 Å². The van der Waals surface area contributed by atoms with Gasteiger partial charge in [-0.05, 0) is 37.2 Å². The monoisotopic (exact) mass is 302 g/mol. The summed E-state index contributed by atoms with van der Waals surface area (Å²) < 4.78 is 0. The van der Waals surface area contributed by atoms with E-state index in [-0.39, 0.29) is 18.5 Å². The maximum Gasteiger partial charge on any atom is 0.325 e. The van der Waals surface area contributed by atoms with E-state index in [1.165, 1.54) is 4.90 Å². The van der Waals surface area contributed by atoms with Crippen LogP contribution in [-0.2, 0) is 4.79 Å². The van der Waals surface area contributed by atoms with Crippen molar-refractivity contribution in [3.63, 3.8) is 0 Å². The Kier molecular flexibility index (Phi) is 3.91. The van der Waals surface area contributed by atoms with Gasteiger partial charge in [0.2, 0.25) is 0 Å². The molecule has 0 aromatic heterocycles. The van der Waals surface area contributed by atoms with Crippen LogP contribution in [0.5, 0.6) is 0 Å². The predicted octanol–water partition coefficient (Wildman–Crippen LogP) is 2.22. The smallest absolute Gasteiger partial charge is 0.325 e. The number of urea groups is 1. The summed E-state index contributed by atoms with van der Waals surface area (Å²) in [6, 6.07) is 8.72. The van der Waals surface area contributed by atoms with Crippen molar-refractivity contribution >= 4 is 11.9 Å². The molecule has 1 atom stereocenters. The lowest BCUT2D eigenvalue weighted by Gasteiger charge is -2.33. The summed E-state index contributed by atoms with van der Waals surface area (Å²) in [6.45, 7) is 2.18. The van der Waals surface area contributed by atoms with E-state index in [1.807, 2.05) is 18.2 Å². The minimum Gasteiger partial charge on any atom is -0.387 e. The molecule has 1 saturated carbocycles. The number of aliphatic hydroxyl groups is 1. The minimum atomic E-state index is -0.853. The first-order valence-electron chi connectivity index (χ1n) is 7.89. The number of aliphatic hydroxyl groups excluding tert-OH is 1. The molecule has 1 saturated heterocycles. The summed E-state index contributed by atoms with van der Waals surface area (Å²) in [5, 5.41) is 13.1. The second-order valence-electron chi connectivity index (χ2n) is 6.54. The quantitative estimate of drug-likeness (QED) is 0.841. The van der Waals surface area contributed by atoms with E-state index in [2.05, 4.69) is 12.2 Å². The zero-order valence-electron chi connectivity index (χ0n) is 12.8. The van der Waals surface area contributed by atoms with E-state index in [0.717, 1.165) is 12.8 Å². The summed E-state index contributed by atoms with van der Waals surface area (Å²) in [5.41, 5.74) is -0.0266. The van der Waals surface area contributed by atoms with Crippen molar-refractivity contribution in [3.8, 4) is 0 Å². The second kappa shape index (κ2) is 5.72. The van der Waals surface area contributed by atoms with Crippen molar-refractivity contribution in [2.45, 2.75) is 44.2 Å². The Morgan fingerprint density at radius 2 is 1.91 bits per heavy atom. The number of β-amino-alcohol motifs (C(OH)–C–C–N with tert-alkyl or cyclic N) is 1. The molecule has 1 aliphatic heterocycles. The fourth-order valence-corrected chi connectivity index (χ4v) is 3.39. The third kappa shape index (κ3) is 2.61. The molecule has 5 heteroatoms. The highest BCUT2D eigenvalue weighted by atomic mass is 16.3. The van der Waals surface area contributed by atoms with E-state index < -0.39 is 11.6 Å². The maximum atomic E-state index is 12.7. The summed E-state index contributed by atoms with van der Waals surface area (Å²) in [4.78, 5) is 26.1. The van der Waals surface area contributed by atoms with Crippen molar-refractivity contribution in [2.75, 3.05) is 6.54 Å². The van der Waals surface area contributed by atoms with Gasteiger partial charge >= 0.3 is 6.03 Å². The third-order valence-corrected chi connectivity index (χ3v) is 4.91. The summed E-state index contributed by atoms with van der Waals surface area (Å²) in [6.07, 6.45) is 2.42. The van der Waals surface area contributed by atoms with Gasteiger partial charge in [-0.25, -0.2) is 4.79 Å². The molecule has 1 aliphatic carbocycles. The lowest BCUT2D eigenvalue weighted by atomic mass is 9.77. The molecule has 1 heterocycles. The Balaban J connectivity index is 1.72. The van der Waals surface area contributed by atoms with Gasteiger partial charge in [-0.2, -0.15) is 0 Å². The van der Waals surface area contributed by atoms with Gasteiger partial charge < -0.3 is 10.4 Å². The second-order valence-corrected chi connectivity index (χ2v) is 6.54. The lowest BCUT2D eigenvalue weighted by Crippen LogP contribution is -2.49. The molecule has 0 bridgehead atoms. The Hall–Kier alpha value is -1.88. The number of hydrogen-bond donors (Lipinski definition) is 2. The van der Waals surface area contributed by atoms with Crippen LogP contribution in [0.25, 0.3) is 0 Å². The first-order valence-corrected chi connectivity index (χ1v) is 7.89. The Labute approximate surface area is 130 Å². The van der Waals surface area contributed by atoms with Gasteiger partial charge in [0.05, 0.1) is 12.6 Å². The van der Waals surface area contributed by atoms with Crippen LogP contribution < -0.4 is 5.32 Å². The minimum absolute atomic E-state index is 0.00594. The normalized spacial score (nSPS) is 29.7. The molecule has 22 heavy (non-hydrogen) atoms. The molecular formula is C17H22N2O3. The van der Waals surface area contributed by atoms with E-state index in [0.29, 0.717) is 24.3 Å². The first-order chi connectivity index (χ1) is 10.5. The number of carbonyl (C=O) groups is 2. The molecule has 3 rings (SSSR count). The van der Waals surface area contributed by atoms with Gasteiger partial charge in [0.15, 0.2) is 0 Å². The van der Waals surface area contributed by atoms with Gasteiger partial charge in [0.25, 0.3) is 5.91 Å². The van der Waals surface area contributed by atoms with Crippen molar-refractivity contribution in [3.05, 3.63) is 35.9 Å². The first kappa shape index (κ1) is 15.0. The van der Waals surface area contributed by atoms with Crippen LogP contribution in [0.3, 0.4) is 0 Å². The predicted molar refractivity (Wildman–Crippen MR) is 82.0 cm³/mol. The maximum absolute atomic E-state index is 12.7. The van der Waals surface area contributed by atoms with Crippen LogP contribution in [0.4, 0.5) is 4.79 Å². The molecule has 1 aromatic rings. The standard InChI is InChI=1S/C17H22N2O3/c1-12-7-9-17(10-8-12)15(21)19(16(22)18-17)11-14(20)13-5-3-2-4-6-13/h2-6,12,14,20H,7-11H2,1H3,(H,18,22). The molecule has 1 aromatic carbocycles. The Bertz CT molecular complexity index is 565. The molecule has 1 spiro atoms. The molecule has 1 unspecified atom stereocenters. The molecule has 3 amide bonds. The van der Waals surface area contributed by atoms with Crippen LogP contribution in [0.2, 0.25) is 0 Å². The van der Waals surface area contributed by atoms with Crippen LogP contribution >= 0.6 is 0 Å². The van der Waals surface area contributed by atoms with Crippen LogP contribution in [0.15, 0.2) is 30.3 Å². The van der Waals surface area contributed by atoms with Gasteiger partial charge in [0, 0.05) is 0 Å². The van der Waals surface area contributed by atoms with E-state index in [9.17, 15) is 14.7 Å². The molecule has 5 nitrogen and oxygen atoms in total. The number of rotatable bonds is 3. The highest BCUT2D eigenvalue weighted by molar-refractivity contribution is 6.07. The lowest BCUT2D eigenvalue weighted by molar-refractivity contribution is -0.133. The summed E-state index contributed by atoms with van der Waals surface area (Å²) in [7, 11) is 0. The fraction of sp³-hybridized carbons (Fsp3) is 0.529. The third-order valence-electron chi connectivity index (χ3n) is 4.91.